The van der Waals surface area contributed by atoms with Crippen LogP contribution in [0.1, 0.15) is 51.0 Å². The van der Waals surface area contributed by atoms with Crippen molar-refractivity contribution >= 4 is 21.4 Å². The van der Waals surface area contributed by atoms with Gasteiger partial charge in [-0.3, -0.25) is 0 Å². The molecule has 0 aliphatic heterocycles. The van der Waals surface area contributed by atoms with Gasteiger partial charge in [0.25, 0.3) is 0 Å². The Balaban J connectivity index is 3.14. The molecule has 0 atom stereocenters. The Hall–Kier alpha value is -0.430. The van der Waals surface area contributed by atoms with E-state index in [0.717, 1.165) is 29.8 Å². The summed E-state index contributed by atoms with van der Waals surface area (Å²) in [6, 6.07) is -0.0225. The first-order chi connectivity index (χ1) is 9.86. The second-order valence-electron chi connectivity index (χ2n) is 5.56. The molecule has 0 amide bonds. The third-order valence-electron chi connectivity index (χ3n) is 3.29. The van der Waals surface area contributed by atoms with Crippen molar-refractivity contribution in [3.8, 4) is 0 Å². The molecule has 0 bridgehead atoms. The highest BCUT2D eigenvalue weighted by Crippen LogP contribution is 2.30. The van der Waals surface area contributed by atoms with Crippen LogP contribution in [-0.2, 0) is 16.6 Å². The van der Waals surface area contributed by atoms with Gasteiger partial charge in [-0.05, 0) is 51.1 Å². The van der Waals surface area contributed by atoms with Gasteiger partial charge in [0.2, 0.25) is 10.0 Å². The molecule has 0 fully saturated rings. The van der Waals surface area contributed by atoms with Crippen LogP contribution in [-0.4, -0.2) is 31.9 Å². The van der Waals surface area contributed by atoms with Crippen molar-refractivity contribution < 1.29 is 8.42 Å². The summed E-state index contributed by atoms with van der Waals surface area (Å²) in [6.07, 6.45) is 1.87. The van der Waals surface area contributed by atoms with E-state index in [1.165, 1.54) is 11.3 Å². The molecule has 1 N–H and O–H groups in total. The van der Waals surface area contributed by atoms with Gasteiger partial charge < -0.3 is 5.32 Å². The summed E-state index contributed by atoms with van der Waals surface area (Å²) in [5.74, 6) is 0. The number of aryl methyl sites for hydroxylation is 1. The largest absolute Gasteiger partial charge is 0.312 e. The third kappa shape index (κ3) is 4.52. The molecule has 0 aliphatic carbocycles. The van der Waals surface area contributed by atoms with Crippen LogP contribution in [0.25, 0.3) is 0 Å². The predicted octanol–water partition coefficient (Wildman–Crippen LogP) is 3.37. The average Bonchev–Trinajstić information content (AvgIpc) is 2.77. The Kier molecular flexibility index (Phi) is 7.33. The van der Waals surface area contributed by atoms with Gasteiger partial charge in [0.1, 0.15) is 4.90 Å². The first-order valence-electron chi connectivity index (χ1n) is 7.65. The normalized spacial score (nSPS) is 12.5. The maximum atomic E-state index is 13.0. The average molecular weight is 333 g/mol. The highest BCUT2D eigenvalue weighted by Gasteiger charge is 2.30. The van der Waals surface area contributed by atoms with E-state index in [-0.39, 0.29) is 6.04 Å². The Bertz CT molecular complexity index is 536. The molecule has 0 saturated carbocycles. The first-order valence-corrected chi connectivity index (χ1v) is 9.97. The van der Waals surface area contributed by atoms with Gasteiger partial charge in [0, 0.05) is 24.0 Å². The number of nitrogens with zero attached hydrogens (tertiary/aromatic N) is 1. The van der Waals surface area contributed by atoms with Gasteiger partial charge in [-0.1, -0.05) is 13.8 Å². The number of sulfonamides is 1. The Labute approximate surface area is 133 Å². The summed E-state index contributed by atoms with van der Waals surface area (Å²) >= 11 is 1.53. The van der Waals surface area contributed by atoms with Crippen LogP contribution < -0.4 is 5.32 Å². The van der Waals surface area contributed by atoms with E-state index >= 15 is 0 Å². The van der Waals surface area contributed by atoms with Crippen LogP contribution in [0.15, 0.2) is 10.3 Å². The van der Waals surface area contributed by atoms with Crippen LogP contribution in [0, 0.1) is 6.92 Å². The molecule has 0 saturated heterocycles. The zero-order valence-corrected chi connectivity index (χ0v) is 15.4. The molecule has 21 heavy (non-hydrogen) atoms. The molecule has 1 aromatic heterocycles. The summed E-state index contributed by atoms with van der Waals surface area (Å²) < 4.78 is 27.6. The van der Waals surface area contributed by atoms with Gasteiger partial charge in [-0.15, -0.1) is 11.3 Å². The lowest BCUT2D eigenvalue weighted by molar-refractivity contribution is 0.353. The van der Waals surface area contributed by atoms with E-state index in [2.05, 4.69) is 12.2 Å². The monoisotopic (exact) mass is 332 g/mol. The van der Waals surface area contributed by atoms with E-state index < -0.39 is 10.0 Å². The summed E-state index contributed by atoms with van der Waals surface area (Å²) in [5, 5.41) is 5.25. The molecule has 0 unspecified atom stereocenters. The molecule has 6 heteroatoms. The molecule has 0 spiro atoms. The maximum Gasteiger partial charge on any atom is 0.244 e. The molecule has 4 nitrogen and oxygen atoms in total. The van der Waals surface area contributed by atoms with Crippen molar-refractivity contribution in [2.75, 3.05) is 13.1 Å². The summed E-state index contributed by atoms with van der Waals surface area (Å²) in [4.78, 5) is 1.43. The van der Waals surface area contributed by atoms with Crippen molar-refractivity contribution in [1.82, 2.24) is 9.62 Å². The Morgan fingerprint density at radius 3 is 2.48 bits per heavy atom. The van der Waals surface area contributed by atoms with Crippen molar-refractivity contribution in [2.24, 2.45) is 0 Å². The van der Waals surface area contributed by atoms with Crippen molar-refractivity contribution in [2.45, 2.75) is 64.9 Å². The lowest BCUT2D eigenvalue weighted by Gasteiger charge is -2.26. The smallest absolute Gasteiger partial charge is 0.244 e. The molecule has 1 heterocycles. The SMILES string of the molecule is CCCNCc1scc(C)c1S(=O)(=O)N(CCC)C(C)C. The fraction of sp³-hybridized carbons (Fsp3) is 0.733. The van der Waals surface area contributed by atoms with E-state index in [4.69, 9.17) is 0 Å². The molecule has 122 valence electrons. The van der Waals surface area contributed by atoms with Gasteiger partial charge in [0.05, 0.1) is 0 Å². The molecule has 0 aromatic carbocycles. The van der Waals surface area contributed by atoms with Crippen LogP contribution in [0.3, 0.4) is 0 Å². The minimum atomic E-state index is -3.41. The van der Waals surface area contributed by atoms with Gasteiger partial charge in [-0.25, -0.2) is 8.42 Å². The zero-order valence-electron chi connectivity index (χ0n) is 13.8. The van der Waals surface area contributed by atoms with E-state index in [1.54, 1.807) is 4.31 Å². The second-order valence-corrected chi connectivity index (χ2v) is 8.35. The van der Waals surface area contributed by atoms with Crippen LogP contribution >= 0.6 is 11.3 Å². The number of nitrogens with one attached hydrogen (secondary N) is 1. The van der Waals surface area contributed by atoms with E-state index in [0.29, 0.717) is 18.0 Å². The molecular weight excluding hydrogens is 304 g/mol. The van der Waals surface area contributed by atoms with Gasteiger partial charge in [0.15, 0.2) is 0 Å². The summed E-state index contributed by atoms with van der Waals surface area (Å²) in [7, 11) is -3.41. The minimum absolute atomic E-state index is 0.0225. The standard InChI is InChI=1S/C15H28N2O2S2/c1-6-8-16-10-14-15(13(5)11-20-14)21(18,19)17(9-7-2)12(3)4/h11-12,16H,6-10H2,1-5H3. The highest BCUT2D eigenvalue weighted by atomic mass is 32.2. The van der Waals surface area contributed by atoms with Crippen molar-refractivity contribution in [1.29, 1.82) is 0 Å². The molecule has 0 radical (unpaired) electrons. The molecule has 1 aromatic rings. The zero-order chi connectivity index (χ0) is 16.0. The fourth-order valence-corrected chi connectivity index (χ4v) is 5.79. The lowest BCUT2D eigenvalue weighted by Crippen LogP contribution is -2.38. The van der Waals surface area contributed by atoms with E-state index in [1.807, 2.05) is 33.1 Å². The minimum Gasteiger partial charge on any atom is -0.312 e. The predicted molar refractivity (Wildman–Crippen MR) is 90.4 cm³/mol. The highest BCUT2D eigenvalue weighted by molar-refractivity contribution is 7.89. The van der Waals surface area contributed by atoms with Crippen molar-refractivity contribution in [3.63, 3.8) is 0 Å². The van der Waals surface area contributed by atoms with Crippen molar-refractivity contribution in [3.05, 3.63) is 15.8 Å². The number of thiophene rings is 1. The lowest BCUT2D eigenvalue weighted by atomic mass is 10.3. The molecular formula is C15H28N2O2S2. The van der Waals surface area contributed by atoms with Gasteiger partial charge >= 0.3 is 0 Å². The first kappa shape index (κ1) is 18.6. The Morgan fingerprint density at radius 2 is 1.95 bits per heavy atom. The van der Waals surface area contributed by atoms with Gasteiger partial charge in [-0.2, -0.15) is 4.31 Å². The quantitative estimate of drug-likeness (QED) is 0.705. The summed E-state index contributed by atoms with van der Waals surface area (Å²) in [6.45, 7) is 12.0. The third-order valence-corrected chi connectivity index (χ3v) is 6.83. The van der Waals surface area contributed by atoms with Crippen LogP contribution in [0.4, 0.5) is 0 Å². The topological polar surface area (TPSA) is 49.4 Å². The molecule has 0 aliphatic rings. The van der Waals surface area contributed by atoms with Crippen LogP contribution in [0.2, 0.25) is 0 Å². The maximum absolute atomic E-state index is 13.0. The summed E-state index contributed by atoms with van der Waals surface area (Å²) in [5.41, 5.74) is 0.857. The molecule has 1 rings (SSSR count). The Morgan fingerprint density at radius 1 is 1.29 bits per heavy atom. The van der Waals surface area contributed by atoms with Crippen LogP contribution in [0.5, 0.6) is 0 Å². The number of rotatable bonds is 9. The fourth-order valence-electron chi connectivity index (χ4n) is 2.33. The second kappa shape index (κ2) is 8.27. The number of hydrogen-bond acceptors (Lipinski definition) is 4. The van der Waals surface area contributed by atoms with E-state index in [9.17, 15) is 8.42 Å². The number of hydrogen-bond donors (Lipinski definition) is 1.